The molecule has 0 heterocycles. The summed E-state index contributed by atoms with van der Waals surface area (Å²) in [7, 11) is -0.790. The number of thioether (sulfide) groups is 1. The third-order valence-electron chi connectivity index (χ3n) is 2.32. The molecule has 0 aliphatic rings. The van der Waals surface area contributed by atoms with E-state index in [-0.39, 0.29) is 0 Å². The highest BCUT2D eigenvalue weighted by atomic mass is 32.2. The zero-order chi connectivity index (χ0) is 15.9. The Morgan fingerprint density at radius 3 is 1.76 bits per heavy atom. The molecule has 0 saturated carbocycles. The van der Waals surface area contributed by atoms with Crippen LogP contribution in [0.2, 0.25) is 0 Å². The summed E-state index contributed by atoms with van der Waals surface area (Å²) in [5, 5.41) is 0. The molecule has 0 N–H and O–H groups in total. The van der Waals surface area contributed by atoms with Crippen molar-refractivity contribution in [2.24, 2.45) is 0 Å². The Hall–Kier alpha value is -1.06. The maximum Gasteiger partial charge on any atom is 0.0526 e. The van der Waals surface area contributed by atoms with E-state index in [9.17, 15) is 4.21 Å². The molecule has 0 saturated heterocycles. The van der Waals surface area contributed by atoms with Crippen molar-refractivity contribution in [2.45, 2.75) is 37.5 Å². The molecule has 1 unspecified atom stereocenters. The first kappa shape index (κ1) is 19.9. The van der Waals surface area contributed by atoms with Crippen molar-refractivity contribution in [1.29, 1.82) is 0 Å². The molecule has 116 valence electrons. The van der Waals surface area contributed by atoms with Crippen molar-refractivity contribution in [1.82, 2.24) is 0 Å². The van der Waals surface area contributed by atoms with Crippen LogP contribution >= 0.6 is 11.8 Å². The van der Waals surface area contributed by atoms with Crippen LogP contribution in [0, 0.1) is 0 Å². The van der Waals surface area contributed by atoms with E-state index in [0.29, 0.717) is 5.75 Å². The SMILES string of the molecule is CC.CCS(=O)c1ccccc1.CCSc1ccccc1. The van der Waals surface area contributed by atoms with Gasteiger partial charge in [0.05, 0.1) is 10.8 Å². The molecule has 0 radical (unpaired) electrons. The van der Waals surface area contributed by atoms with Crippen LogP contribution in [0.1, 0.15) is 27.7 Å². The summed E-state index contributed by atoms with van der Waals surface area (Å²) in [5.74, 6) is 1.86. The first-order valence-electron chi connectivity index (χ1n) is 7.39. The highest BCUT2D eigenvalue weighted by Gasteiger charge is 1.96. The second-order valence-corrected chi connectivity index (χ2v) is 6.77. The third-order valence-corrected chi connectivity index (χ3v) is 4.54. The van der Waals surface area contributed by atoms with E-state index in [4.69, 9.17) is 0 Å². The Kier molecular flexibility index (Phi) is 13.2. The predicted molar refractivity (Wildman–Crippen MR) is 97.6 cm³/mol. The van der Waals surface area contributed by atoms with Gasteiger partial charge < -0.3 is 0 Å². The normalized spacial score (nSPS) is 10.5. The summed E-state index contributed by atoms with van der Waals surface area (Å²) in [6.45, 7) is 8.08. The van der Waals surface area contributed by atoms with Crippen LogP contribution in [0.5, 0.6) is 0 Å². The molecule has 0 spiro atoms. The van der Waals surface area contributed by atoms with Gasteiger partial charge in [-0.2, -0.15) is 0 Å². The van der Waals surface area contributed by atoms with Gasteiger partial charge in [0.25, 0.3) is 0 Å². The van der Waals surface area contributed by atoms with E-state index in [1.807, 2.05) is 68.9 Å². The summed E-state index contributed by atoms with van der Waals surface area (Å²) in [4.78, 5) is 2.28. The minimum atomic E-state index is -0.790. The lowest BCUT2D eigenvalue weighted by atomic mass is 10.4. The monoisotopic (exact) mass is 322 g/mol. The molecule has 0 fully saturated rings. The number of hydrogen-bond acceptors (Lipinski definition) is 2. The molecule has 1 atom stereocenters. The smallest absolute Gasteiger partial charge is 0.0526 e. The molecular formula is C18H26OS2. The van der Waals surface area contributed by atoms with E-state index in [1.165, 1.54) is 4.90 Å². The van der Waals surface area contributed by atoms with E-state index in [1.54, 1.807) is 0 Å². The summed E-state index contributed by atoms with van der Waals surface area (Å²) < 4.78 is 11.1. The van der Waals surface area contributed by atoms with Gasteiger partial charge >= 0.3 is 0 Å². The minimum absolute atomic E-state index is 0.698. The minimum Gasteiger partial charge on any atom is -0.254 e. The summed E-state index contributed by atoms with van der Waals surface area (Å²) >= 11 is 1.88. The Morgan fingerprint density at radius 2 is 1.33 bits per heavy atom. The molecule has 0 amide bonds. The summed E-state index contributed by atoms with van der Waals surface area (Å²) in [5.41, 5.74) is 0. The second-order valence-electron chi connectivity index (χ2n) is 3.69. The zero-order valence-electron chi connectivity index (χ0n) is 13.4. The first-order valence-corrected chi connectivity index (χ1v) is 9.69. The van der Waals surface area contributed by atoms with Gasteiger partial charge in [-0.3, -0.25) is 4.21 Å². The predicted octanol–water partition coefficient (Wildman–Crippen LogP) is 5.64. The van der Waals surface area contributed by atoms with Gasteiger partial charge in [-0.1, -0.05) is 64.1 Å². The fourth-order valence-electron chi connectivity index (χ4n) is 1.42. The summed E-state index contributed by atoms with van der Waals surface area (Å²) in [6.07, 6.45) is 0. The van der Waals surface area contributed by atoms with Gasteiger partial charge in [-0.05, 0) is 30.0 Å². The van der Waals surface area contributed by atoms with E-state index < -0.39 is 10.8 Å². The van der Waals surface area contributed by atoms with Crippen molar-refractivity contribution in [3.63, 3.8) is 0 Å². The highest BCUT2D eigenvalue weighted by Crippen LogP contribution is 2.15. The van der Waals surface area contributed by atoms with Crippen LogP contribution in [0.15, 0.2) is 70.5 Å². The molecule has 1 nitrogen and oxygen atoms in total. The van der Waals surface area contributed by atoms with Crippen molar-refractivity contribution < 1.29 is 4.21 Å². The van der Waals surface area contributed by atoms with Gasteiger partial charge in [-0.15, -0.1) is 11.8 Å². The lowest BCUT2D eigenvalue weighted by molar-refractivity contribution is 0.684. The molecule has 0 aliphatic heterocycles. The second kappa shape index (κ2) is 13.9. The van der Waals surface area contributed by atoms with Crippen molar-refractivity contribution in [3.05, 3.63) is 60.7 Å². The fourth-order valence-corrected chi connectivity index (χ4v) is 2.90. The lowest BCUT2D eigenvalue weighted by Gasteiger charge is -1.95. The van der Waals surface area contributed by atoms with Crippen LogP contribution in [-0.4, -0.2) is 15.7 Å². The van der Waals surface area contributed by atoms with Gasteiger partial charge in [0.2, 0.25) is 0 Å². The maximum atomic E-state index is 11.1. The standard InChI is InChI=1S/C8H10OS.C8H10S.C2H6/c1-2-10(9)8-6-4-3-5-7-8;1-2-9-8-6-4-3-5-7-8;1-2/h3-7H,2H2,1H3;3-7H,2H2,1H3;1-2H3. The van der Waals surface area contributed by atoms with Crippen molar-refractivity contribution in [3.8, 4) is 0 Å². The average Bonchev–Trinajstić information content (AvgIpc) is 2.58. The topological polar surface area (TPSA) is 17.1 Å². The van der Waals surface area contributed by atoms with Gasteiger partial charge in [0, 0.05) is 15.5 Å². The zero-order valence-corrected chi connectivity index (χ0v) is 15.0. The molecule has 3 heteroatoms. The van der Waals surface area contributed by atoms with Crippen LogP contribution in [0.25, 0.3) is 0 Å². The highest BCUT2D eigenvalue weighted by molar-refractivity contribution is 7.99. The Bertz CT molecular complexity index is 469. The number of benzene rings is 2. The summed E-state index contributed by atoms with van der Waals surface area (Å²) in [6, 6.07) is 20.0. The number of rotatable bonds is 4. The molecule has 2 aromatic carbocycles. The Morgan fingerprint density at radius 1 is 0.857 bits per heavy atom. The Balaban J connectivity index is 0.000000342. The van der Waals surface area contributed by atoms with E-state index in [0.717, 1.165) is 10.6 Å². The maximum absolute atomic E-state index is 11.1. The molecule has 2 aromatic rings. The number of hydrogen-bond donors (Lipinski definition) is 0. The fraction of sp³-hybridized carbons (Fsp3) is 0.333. The van der Waals surface area contributed by atoms with Crippen LogP contribution in [-0.2, 0) is 10.8 Å². The van der Waals surface area contributed by atoms with E-state index >= 15 is 0 Å². The molecule has 0 bridgehead atoms. The largest absolute Gasteiger partial charge is 0.254 e. The van der Waals surface area contributed by atoms with Crippen LogP contribution in [0.3, 0.4) is 0 Å². The van der Waals surface area contributed by atoms with Gasteiger partial charge in [0.15, 0.2) is 0 Å². The molecule has 0 aliphatic carbocycles. The average molecular weight is 323 g/mol. The van der Waals surface area contributed by atoms with Crippen LogP contribution in [0.4, 0.5) is 0 Å². The molecule has 2 rings (SSSR count). The van der Waals surface area contributed by atoms with Crippen LogP contribution < -0.4 is 0 Å². The Labute approximate surface area is 136 Å². The van der Waals surface area contributed by atoms with E-state index in [2.05, 4.69) is 31.2 Å². The lowest BCUT2D eigenvalue weighted by Crippen LogP contribution is -1.92. The first-order chi connectivity index (χ1) is 10.3. The van der Waals surface area contributed by atoms with Crippen molar-refractivity contribution >= 4 is 22.6 Å². The van der Waals surface area contributed by atoms with Crippen molar-refractivity contribution in [2.75, 3.05) is 11.5 Å². The third kappa shape index (κ3) is 9.48. The van der Waals surface area contributed by atoms with Gasteiger partial charge in [0.1, 0.15) is 0 Å². The quantitative estimate of drug-likeness (QED) is 0.678. The molecule has 21 heavy (non-hydrogen) atoms. The molecule has 0 aromatic heterocycles. The van der Waals surface area contributed by atoms with Gasteiger partial charge in [-0.25, -0.2) is 0 Å². The molecular weight excluding hydrogens is 296 g/mol.